The Hall–Kier alpha value is -2.82. The van der Waals surface area contributed by atoms with E-state index in [9.17, 15) is 4.79 Å². The summed E-state index contributed by atoms with van der Waals surface area (Å²) in [5.41, 5.74) is 0.878. The minimum absolute atomic E-state index is 0.125. The van der Waals surface area contributed by atoms with Crippen molar-refractivity contribution in [3.8, 4) is 0 Å². The average molecular weight is 383 g/mol. The Balaban J connectivity index is 1.82. The number of hydrogen-bond donors (Lipinski definition) is 2. The molecule has 0 aliphatic carbocycles. The second-order valence-corrected chi connectivity index (χ2v) is 6.61. The molecule has 0 aliphatic heterocycles. The molecule has 0 aliphatic rings. The first-order valence-electron chi connectivity index (χ1n) is 7.79. The molecule has 0 fully saturated rings. The number of nitrogens with one attached hydrogen (secondary N) is 2. The molecule has 4 nitrogen and oxygen atoms in total. The standard InChI is InChI=1S/C20H12Cl2N2O2/c21-12-6-7-17(16(22)9-12)24-20(25)15-10-14-13-4-2-1-3-11(13)5-8-18(14)26-19(15)23/h1-10,23H,(H,24,25). The highest BCUT2D eigenvalue weighted by Gasteiger charge is 2.14. The molecule has 4 rings (SSSR count). The molecular formula is C20H12Cl2N2O2. The van der Waals surface area contributed by atoms with Crippen LogP contribution in [0.1, 0.15) is 10.4 Å². The van der Waals surface area contributed by atoms with Crippen molar-refractivity contribution in [2.45, 2.75) is 0 Å². The zero-order valence-electron chi connectivity index (χ0n) is 13.3. The van der Waals surface area contributed by atoms with Crippen molar-refractivity contribution in [3.05, 3.63) is 81.8 Å². The molecule has 0 spiro atoms. The largest absolute Gasteiger partial charge is 0.438 e. The summed E-state index contributed by atoms with van der Waals surface area (Å²) >= 11 is 12.0. The zero-order chi connectivity index (χ0) is 18.3. The summed E-state index contributed by atoms with van der Waals surface area (Å²) in [5, 5.41) is 14.3. The van der Waals surface area contributed by atoms with Gasteiger partial charge in [0, 0.05) is 10.4 Å². The molecule has 1 amide bonds. The molecule has 0 atom stereocenters. The van der Waals surface area contributed by atoms with Gasteiger partial charge in [0.15, 0.2) is 0 Å². The lowest BCUT2D eigenvalue weighted by Crippen LogP contribution is -2.21. The first kappa shape index (κ1) is 16.6. The minimum atomic E-state index is -0.474. The van der Waals surface area contributed by atoms with Gasteiger partial charge in [0.1, 0.15) is 11.1 Å². The first-order valence-corrected chi connectivity index (χ1v) is 8.55. The van der Waals surface area contributed by atoms with Crippen LogP contribution in [0.2, 0.25) is 10.0 Å². The van der Waals surface area contributed by atoms with Crippen LogP contribution in [0.5, 0.6) is 0 Å². The number of rotatable bonds is 2. The topological polar surface area (TPSA) is 66.1 Å². The Labute approximate surface area is 158 Å². The highest BCUT2D eigenvalue weighted by molar-refractivity contribution is 6.36. The number of anilines is 1. The number of carbonyl (C=O) groups is 1. The van der Waals surface area contributed by atoms with Crippen molar-refractivity contribution in [2.24, 2.45) is 0 Å². The Morgan fingerprint density at radius 2 is 1.77 bits per heavy atom. The van der Waals surface area contributed by atoms with Crippen molar-refractivity contribution in [1.82, 2.24) is 0 Å². The molecule has 0 unspecified atom stereocenters. The maximum atomic E-state index is 12.7. The third-order valence-electron chi connectivity index (χ3n) is 4.10. The number of benzene rings is 3. The lowest BCUT2D eigenvalue weighted by atomic mass is 10.0. The molecule has 1 aromatic heterocycles. The molecule has 4 aromatic rings. The number of halogens is 2. The van der Waals surface area contributed by atoms with Gasteiger partial charge in [-0.2, -0.15) is 0 Å². The molecular weight excluding hydrogens is 371 g/mol. The summed E-state index contributed by atoms with van der Waals surface area (Å²) in [4.78, 5) is 12.7. The molecule has 0 bridgehead atoms. The summed E-state index contributed by atoms with van der Waals surface area (Å²) in [6.45, 7) is 0. The zero-order valence-corrected chi connectivity index (χ0v) is 14.9. The normalized spacial score (nSPS) is 11.0. The molecule has 128 valence electrons. The summed E-state index contributed by atoms with van der Waals surface area (Å²) in [5.74, 6) is -0.474. The smallest absolute Gasteiger partial charge is 0.261 e. The van der Waals surface area contributed by atoms with Crippen LogP contribution in [0.15, 0.2) is 65.1 Å². The van der Waals surface area contributed by atoms with Crippen molar-refractivity contribution in [3.63, 3.8) is 0 Å². The number of fused-ring (bicyclic) bond motifs is 3. The quantitative estimate of drug-likeness (QED) is 0.441. The molecule has 6 heteroatoms. The molecule has 26 heavy (non-hydrogen) atoms. The van der Waals surface area contributed by atoms with Crippen LogP contribution in [-0.2, 0) is 0 Å². The van der Waals surface area contributed by atoms with E-state index < -0.39 is 5.91 Å². The van der Waals surface area contributed by atoms with Gasteiger partial charge in [-0.25, -0.2) is 0 Å². The van der Waals surface area contributed by atoms with Gasteiger partial charge in [0.25, 0.3) is 5.91 Å². The number of carbonyl (C=O) groups excluding carboxylic acids is 1. The Morgan fingerprint density at radius 3 is 2.58 bits per heavy atom. The SMILES string of the molecule is N=c1oc2ccc3ccccc3c2cc1C(=O)Nc1ccc(Cl)cc1Cl. The van der Waals surface area contributed by atoms with Gasteiger partial charge in [-0.15, -0.1) is 0 Å². The van der Waals surface area contributed by atoms with Crippen LogP contribution >= 0.6 is 23.2 Å². The fourth-order valence-corrected chi connectivity index (χ4v) is 3.29. The first-order chi connectivity index (χ1) is 12.5. The van der Waals surface area contributed by atoms with Gasteiger partial charge in [0.2, 0.25) is 5.55 Å². The number of amides is 1. The lowest BCUT2D eigenvalue weighted by Gasteiger charge is -2.09. The van der Waals surface area contributed by atoms with Gasteiger partial charge in [0.05, 0.1) is 10.7 Å². The molecule has 3 aromatic carbocycles. The van der Waals surface area contributed by atoms with Crippen LogP contribution in [0.4, 0.5) is 5.69 Å². The minimum Gasteiger partial charge on any atom is -0.438 e. The second-order valence-electron chi connectivity index (χ2n) is 5.77. The predicted octanol–water partition coefficient (Wildman–Crippen LogP) is 5.62. The monoisotopic (exact) mass is 382 g/mol. The Kier molecular flexibility index (Phi) is 4.15. The summed E-state index contributed by atoms with van der Waals surface area (Å²) in [6.07, 6.45) is 0. The Morgan fingerprint density at radius 1 is 0.962 bits per heavy atom. The highest BCUT2D eigenvalue weighted by Crippen LogP contribution is 2.27. The van der Waals surface area contributed by atoms with Crippen LogP contribution in [0.3, 0.4) is 0 Å². The summed E-state index contributed by atoms with van der Waals surface area (Å²) < 4.78 is 5.56. The third-order valence-corrected chi connectivity index (χ3v) is 4.65. The van der Waals surface area contributed by atoms with Gasteiger partial charge in [-0.05, 0) is 41.1 Å². The third kappa shape index (κ3) is 2.94. The van der Waals surface area contributed by atoms with E-state index in [1.54, 1.807) is 30.3 Å². The van der Waals surface area contributed by atoms with Crippen LogP contribution in [-0.4, -0.2) is 5.91 Å². The average Bonchev–Trinajstić information content (AvgIpc) is 2.63. The fraction of sp³-hybridized carbons (Fsp3) is 0. The molecule has 0 radical (unpaired) electrons. The van der Waals surface area contributed by atoms with E-state index in [2.05, 4.69) is 5.32 Å². The van der Waals surface area contributed by atoms with Crippen LogP contribution < -0.4 is 10.9 Å². The van der Waals surface area contributed by atoms with E-state index in [0.717, 1.165) is 16.2 Å². The molecule has 0 saturated carbocycles. The van der Waals surface area contributed by atoms with E-state index >= 15 is 0 Å². The van der Waals surface area contributed by atoms with Gasteiger partial charge in [-0.1, -0.05) is 53.5 Å². The molecule has 2 N–H and O–H groups in total. The van der Waals surface area contributed by atoms with Gasteiger partial charge >= 0.3 is 0 Å². The van der Waals surface area contributed by atoms with E-state index in [4.69, 9.17) is 33.0 Å². The number of hydrogen-bond acceptors (Lipinski definition) is 3. The summed E-state index contributed by atoms with van der Waals surface area (Å²) in [6, 6.07) is 18.0. The van der Waals surface area contributed by atoms with Crippen LogP contribution in [0, 0.1) is 5.41 Å². The van der Waals surface area contributed by atoms with E-state index in [1.807, 2.05) is 30.3 Å². The Bertz CT molecular complexity index is 1230. The summed E-state index contributed by atoms with van der Waals surface area (Å²) in [7, 11) is 0. The van der Waals surface area contributed by atoms with Crippen LogP contribution in [0.25, 0.3) is 21.7 Å². The maximum absolute atomic E-state index is 12.7. The van der Waals surface area contributed by atoms with Gasteiger partial charge in [-0.3, -0.25) is 10.2 Å². The van der Waals surface area contributed by atoms with Gasteiger partial charge < -0.3 is 9.73 Å². The van der Waals surface area contributed by atoms with Crippen molar-refractivity contribution in [2.75, 3.05) is 5.32 Å². The highest BCUT2D eigenvalue weighted by atomic mass is 35.5. The van der Waals surface area contributed by atoms with Crippen molar-refractivity contribution in [1.29, 1.82) is 5.41 Å². The van der Waals surface area contributed by atoms with E-state index in [0.29, 0.717) is 21.3 Å². The maximum Gasteiger partial charge on any atom is 0.261 e. The molecule has 0 saturated heterocycles. The predicted molar refractivity (Wildman–Crippen MR) is 104 cm³/mol. The van der Waals surface area contributed by atoms with Crippen molar-refractivity contribution >= 4 is 56.5 Å². The molecule has 1 heterocycles. The van der Waals surface area contributed by atoms with E-state index in [1.165, 1.54) is 0 Å². The van der Waals surface area contributed by atoms with Crippen molar-refractivity contribution < 1.29 is 9.21 Å². The lowest BCUT2D eigenvalue weighted by molar-refractivity contribution is 0.102. The second kappa shape index (κ2) is 6.48. The fourth-order valence-electron chi connectivity index (χ4n) is 2.84. The van der Waals surface area contributed by atoms with E-state index in [-0.39, 0.29) is 11.1 Å².